The molecule has 1 aromatic rings. The highest BCUT2D eigenvalue weighted by atomic mass is 14.3. The van der Waals surface area contributed by atoms with Crippen LogP contribution >= 0.6 is 0 Å². The van der Waals surface area contributed by atoms with E-state index in [0.29, 0.717) is 0 Å². The van der Waals surface area contributed by atoms with E-state index in [1.807, 2.05) is 0 Å². The standard InChI is InChI=1S/C27H42/c1-3-5-6-7-9-23-12-16-25(17-13-23)27-20-18-26(19-21-27)24-14-10-22(8-4-2)11-15-24/h14,18-23,25H,3-13,15-17H2,1-2H3. The van der Waals surface area contributed by atoms with E-state index >= 15 is 0 Å². The molecule has 1 saturated carbocycles. The molecule has 150 valence electrons. The van der Waals surface area contributed by atoms with Crippen molar-refractivity contribution in [1.29, 1.82) is 0 Å². The molecular weight excluding hydrogens is 324 g/mol. The molecule has 0 aliphatic heterocycles. The van der Waals surface area contributed by atoms with Crippen molar-refractivity contribution in [1.82, 2.24) is 0 Å². The van der Waals surface area contributed by atoms with Gasteiger partial charge < -0.3 is 0 Å². The zero-order valence-electron chi connectivity index (χ0n) is 18.0. The van der Waals surface area contributed by atoms with Crippen LogP contribution < -0.4 is 0 Å². The molecule has 1 atom stereocenters. The SMILES string of the molecule is CCCCCCC1CCC(c2ccc(C3=CCC(CCC)CC3)cc2)CC1. The first-order chi connectivity index (χ1) is 13.3. The molecule has 1 unspecified atom stereocenters. The van der Waals surface area contributed by atoms with Crippen molar-refractivity contribution in [3.63, 3.8) is 0 Å². The fraction of sp³-hybridized carbons (Fsp3) is 0.704. The molecular formula is C27H42. The maximum Gasteiger partial charge on any atom is -0.0162 e. The van der Waals surface area contributed by atoms with E-state index in [0.717, 1.165) is 17.8 Å². The fourth-order valence-corrected chi connectivity index (χ4v) is 5.43. The minimum atomic E-state index is 0.820. The van der Waals surface area contributed by atoms with Crippen molar-refractivity contribution in [3.8, 4) is 0 Å². The summed E-state index contributed by atoms with van der Waals surface area (Å²) in [5, 5.41) is 0. The molecule has 0 saturated heterocycles. The highest BCUT2D eigenvalue weighted by Gasteiger charge is 2.22. The lowest BCUT2D eigenvalue weighted by Gasteiger charge is -2.29. The first-order valence-corrected chi connectivity index (χ1v) is 12.1. The smallest absolute Gasteiger partial charge is 0.0162 e. The van der Waals surface area contributed by atoms with Gasteiger partial charge in [-0.3, -0.25) is 0 Å². The number of benzene rings is 1. The first-order valence-electron chi connectivity index (χ1n) is 12.1. The Hall–Kier alpha value is -1.04. The van der Waals surface area contributed by atoms with Crippen molar-refractivity contribution in [2.45, 2.75) is 110 Å². The third-order valence-electron chi connectivity index (χ3n) is 7.28. The Balaban J connectivity index is 1.46. The number of unbranched alkanes of at least 4 members (excludes halogenated alkanes) is 3. The zero-order chi connectivity index (χ0) is 18.9. The summed E-state index contributed by atoms with van der Waals surface area (Å²) in [6.45, 7) is 4.63. The molecule has 3 rings (SSSR count). The summed E-state index contributed by atoms with van der Waals surface area (Å²) < 4.78 is 0. The van der Waals surface area contributed by atoms with E-state index in [9.17, 15) is 0 Å². The average molecular weight is 367 g/mol. The molecule has 0 bridgehead atoms. The van der Waals surface area contributed by atoms with E-state index < -0.39 is 0 Å². The monoisotopic (exact) mass is 366 g/mol. The molecule has 2 aliphatic rings. The van der Waals surface area contributed by atoms with Gasteiger partial charge >= 0.3 is 0 Å². The van der Waals surface area contributed by atoms with Crippen LogP contribution in [-0.2, 0) is 0 Å². The Morgan fingerprint density at radius 1 is 0.741 bits per heavy atom. The molecule has 0 heterocycles. The maximum atomic E-state index is 2.53. The summed E-state index contributed by atoms with van der Waals surface area (Å²) in [6, 6.07) is 9.72. The second-order valence-corrected chi connectivity index (χ2v) is 9.35. The summed E-state index contributed by atoms with van der Waals surface area (Å²) in [5.41, 5.74) is 4.69. The predicted octanol–water partition coefficient (Wildman–Crippen LogP) is 8.91. The summed E-state index contributed by atoms with van der Waals surface area (Å²) in [7, 11) is 0. The summed E-state index contributed by atoms with van der Waals surface area (Å²) >= 11 is 0. The Morgan fingerprint density at radius 3 is 2.15 bits per heavy atom. The van der Waals surface area contributed by atoms with Crippen molar-refractivity contribution < 1.29 is 0 Å². The molecule has 0 radical (unpaired) electrons. The topological polar surface area (TPSA) is 0 Å². The Bertz CT molecular complexity index is 556. The van der Waals surface area contributed by atoms with Gasteiger partial charge in [0, 0.05) is 0 Å². The molecule has 0 N–H and O–H groups in total. The molecule has 1 fully saturated rings. The summed E-state index contributed by atoms with van der Waals surface area (Å²) in [5.74, 6) is 2.77. The quantitative estimate of drug-likeness (QED) is 0.383. The number of allylic oxidation sites excluding steroid dienone is 2. The van der Waals surface area contributed by atoms with Gasteiger partial charge in [0.25, 0.3) is 0 Å². The van der Waals surface area contributed by atoms with Gasteiger partial charge in [0.2, 0.25) is 0 Å². The lowest BCUT2D eigenvalue weighted by atomic mass is 9.76. The van der Waals surface area contributed by atoms with Crippen LogP contribution in [0.4, 0.5) is 0 Å². The van der Waals surface area contributed by atoms with Crippen LogP contribution in [0.3, 0.4) is 0 Å². The van der Waals surface area contributed by atoms with Crippen LogP contribution in [0.1, 0.15) is 121 Å². The third-order valence-corrected chi connectivity index (χ3v) is 7.28. The van der Waals surface area contributed by atoms with Crippen LogP contribution in [0.5, 0.6) is 0 Å². The van der Waals surface area contributed by atoms with Crippen LogP contribution in [0.25, 0.3) is 5.57 Å². The average Bonchev–Trinajstić information content (AvgIpc) is 2.73. The number of rotatable bonds is 9. The van der Waals surface area contributed by atoms with Crippen LogP contribution in [0.2, 0.25) is 0 Å². The molecule has 0 nitrogen and oxygen atoms in total. The highest BCUT2D eigenvalue weighted by Crippen LogP contribution is 2.39. The molecule has 1 aromatic carbocycles. The number of hydrogen-bond acceptors (Lipinski definition) is 0. The van der Waals surface area contributed by atoms with Crippen LogP contribution in [-0.4, -0.2) is 0 Å². The van der Waals surface area contributed by atoms with Crippen molar-refractivity contribution in [2.24, 2.45) is 11.8 Å². The van der Waals surface area contributed by atoms with E-state index in [1.165, 1.54) is 95.5 Å². The van der Waals surface area contributed by atoms with Gasteiger partial charge in [0.1, 0.15) is 0 Å². The van der Waals surface area contributed by atoms with Gasteiger partial charge in [-0.25, -0.2) is 0 Å². The second kappa shape index (κ2) is 11.1. The molecule has 0 heteroatoms. The zero-order valence-corrected chi connectivity index (χ0v) is 18.0. The van der Waals surface area contributed by atoms with E-state index in [2.05, 4.69) is 44.2 Å². The summed E-state index contributed by atoms with van der Waals surface area (Å²) in [6.07, 6.45) is 22.2. The predicted molar refractivity (Wildman–Crippen MR) is 120 cm³/mol. The van der Waals surface area contributed by atoms with Gasteiger partial charge in [-0.2, -0.15) is 0 Å². The van der Waals surface area contributed by atoms with Crippen molar-refractivity contribution >= 4 is 5.57 Å². The lowest BCUT2D eigenvalue weighted by molar-refractivity contribution is 0.302. The van der Waals surface area contributed by atoms with Gasteiger partial charge in [-0.1, -0.05) is 89.1 Å². The van der Waals surface area contributed by atoms with E-state index in [4.69, 9.17) is 0 Å². The molecule has 27 heavy (non-hydrogen) atoms. The normalized spacial score (nSPS) is 26.0. The van der Waals surface area contributed by atoms with Crippen molar-refractivity contribution in [3.05, 3.63) is 41.5 Å². The van der Waals surface area contributed by atoms with E-state index in [-0.39, 0.29) is 0 Å². The van der Waals surface area contributed by atoms with Gasteiger partial charge in [-0.15, -0.1) is 0 Å². The number of hydrogen-bond donors (Lipinski definition) is 0. The summed E-state index contributed by atoms with van der Waals surface area (Å²) in [4.78, 5) is 0. The largest absolute Gasteiger partial charge is 0.0804 e. The molecule has 2 aliphatic carbocycles. The van der Waals surface area contributed by atoms with Crippen LogP contribution in [0, 0.1) is 11.8 Å². The van der Waals surface area contributed by atoms with Crippen LogP contribution in [0.15, 0.2) is 30.3 Å². The molecule has 0 amide bonds. The Labute approximate surface area is 168 Å². The Morgan fingerprint density at radius 2 is 1.52 bits per heavy atom. The fourth-order valence-electron chi connectivity index (χ4n) is 5.43. The minimum absolute atomic E-state index is 0.820. The van der Waals surface area contributed by atoms with Gasteiger partial charge in [0.05, 0.1) is 0 Å². The lowest BCUT2D eigenvalue weighted by Crippen LogP contribution is -2.13. The van der Waals surface area contributed by atoms with E-state index in [1.54, 1.807) is 11.1 Å². The van der Waals surface area contributed by atoms with Gasteiger partial charge in [0.15, 0.2) is 0 Å². The first kappa shape index (κ1) is 20.7. The van der Waals surface area contributed by atoms with Crippen molar-refractivity contribution in [2.75, 3.05) is 0 Å². The maximum absolute atomic E-state index is 2.53. The molecule has 0 aromatic heterocycles. The highest BCUT2D eigenvalue weighted by molar-refractivity contribution is 5.66. The third kappa shape index (κ3) is 6.23. The minimum Gasteiger partial charge on any atom is -0.0804 e. The van der Waals surface area contributed by atoms with Gasteiger partial charge in [-0.05, 0) is 79.4 Å². The second-order valence-electron chi connectivity index (χ2n) is 9.35. The molecule has 0 spiro atoms. The Kier molecular flexibility index (Phi) is 8.49.